The third-order valence-electron chi connectivity index (χ3n) is 2.85. The van der Waals surface area contributed by atoms with Crippen molar-refractivity contribution in [3.05, 3.63) is 48.0 Å². The fourth-order valence-electron chi connectivity index (χ4n) is 1.91. The molecule has 0 bridgehead atoms. The third kappa shape index (κ3) is 2.31. The van der Waals surface area contributed by atoms with E-state index in [1.54, 1.807) is 14.2 Å². The number of rotatable bonds is 4. The number of benzene rings is 2. The summed E-state index contributed by atoms with van der Waals surface area (Å²) in [5.41, 5.74) is 2.81. The fraction of sp³-hybridized carbons (Fsp3) is 0.200. The molecule has 0 spiro atoms. The number of aliphatic hydroxyl groups is 1. The molecule has 94 valence electrons. The van der Waals surface area contributed by atoms with Crippen molar-refractivity contribution in [3.63, 3.8) is 0 Å². The van der Waals surface area contributed by atoms with Crippen LogP contribution in [0.2, 0.25) is 0 Å². The normalized spacial score (nSPS) is 10.2. The van der Waals surface area contributed by atoms with Crippen LogP contribution in [0.3, 0.4) is 0 Å². The van der Waals surface area contributed by atoms with Gasteiger partial charge in [0.15, 0.2) is 0 Å². The lowest BCUT2D eigenvalue weighted by atomic mass is 10.0. The zero-order valence-electron chi connectivity index (χ0n) is 10.5. The molecule has 0 fully saturated rings. The van der Waals surface area contributed by atoms with Crippen molar-refractivity contribution in [1.29, 1.82) is 0 Å². The Morgan fingerprint density at radius 3 is 1.89 bits per heavy atom. The number of ether oxygens (including phenoxy) is 2. The molecule has 1 N–H and O–H groups in total. The molecular weight excluding hydrogens is 228 g/mol. The quantitative estimate of drug-likeness (QED) is 0.898. The van der Waals surface area contributed by atoms with Gasteiger partial charge in [-0.1, -0.05) is 30.3 Å². The molecule has 0 saturated carbocycles. The Balaban J connectivity index is 2.53. The van der Waals surface area contributed by atoms with Crippen molar-refractivity contribution in [2.75, 3.05) is 14.2 Å². The maximum Gasteiger partial charge on any atom is 0.130 e. The summed E-state index contributed by atoms with van der Waals surface area (Å²) in [7, 11) is 3.28. The molecule has 0 amide bonds. The molecule has 18 heavy (non-hydrogen) atoms. The molecule has 0 aromatic heterocycles. The van der Waals surface area contributed by atoms with Gasteiger partial charge in [-0.15, -0.1) is 0 Å². The van der Waals surface area contributed by atoms with E-state index in [0.717, 1.165) is 28.2 Å². The summed E-state index contributed by atoms with van der Waals surface area (Å²) in [4.78, 5) is 0. The van der Waals surface area contributed by atoms with Gasteiger partial charge in [0.25, 0.3) is 0 Å². The molecule has 0 aliphatic carbocycles. The van der Waals surface area contributed by atoms with Crippen molar-refractivity contribution in [2.45, 2.75) is 6.61 Å². The first kappa shape index (κ1) is 12.5. The minimum absolute atomic E-state index is 0.0450. The second kappa shape index (κ2) is 5.56. The molecule has 2 rings (SSSR count). The molecule has 3 heteroatoms. The molecule has 0 saturated heterocycles. The van der Waals surface area contributed by atoms with E-state index in [1.165, 1.54) is 0 Å². The van der Waals surface area contributed by atoms with Gasteiger partial charge in [-0.2, -0.15) is 0 Å². The van der Waals surface area contributed by atoms with Crippen LogP contribution in [0.5, 0.6) is 11.5 Å². The summed E-state index contributed by atoms with van der Waals surface area (Å²) in [5.74, 6) is 1.54. The Bertz CT molecular complexity index is 496. The monoisotopic (exact) mass is 244 g/mol. The van der Waals surface area contributed by atoms with Crippen molar-refractivity contribution >= 4 is 0 Å². The van der Waals surface area contributed by atoms with E-state index in [1.807, 2.05) is 42.5 Å². The smallest absolute Gasteiger partial charge is 0.130 e. The van der Waals surface area contributed by atoms with Gasteiger partial charge in [-0.3, -0.25) is 0 Å². The van der Waals surface area contributed by atoms with Crippen molar-refractivity contribution < 1.29 is 14.6 Å². The van der Waals surface area contributed by atoms with E-state index in [2.05, 4.69) is 0 Å². The van der Waals surface area contributed by atoms with Crippen LogP contribution in [-0.2, 0) is 6.61 Å². The predicted molar refractivity (Wildman–Crippen MR) is 70.9 cm³/mol. The summed E-state index contributed by atoms with van der Waals surface area (Å²) >= 11 is 0. The minimum Gasteiger partial charge on any atom is -0.496 e. The summed E-state index contributed by atoms with van der Waals surface area (Å²) < 4.78 is 10.7. The van der Waals surface area contributed by atoms with Crippen molar-refractivity contribution in [1.82, 2.24) is 0 Å². The molecule has 0 atom stereocenters. The maximum absolute atomic E-state index is 9.05. The van der Waals surface area contributed by atoms with E-state index in [-0.39, 0.29) is 6.61 Å². The van der Waals surface area contributed by atoms with Crippen molar-refractivity contribution in [2.24, 2.45) is 0 Å². The fourth-order valence-corrected chi connectivity index (χ4v) is 1.91. The van der Waals surface area contributed by atoms with Crippen LogP contribution >= 0.6 is 0 Å². The molecule has 0 aliphatic heterocycles. The average Bonchev–Trinajstić information content (AvgIpc) is 2.46. The standard InChI is InChI=1S/C15H16O3/c1-17-13-4-3-5-14(18-2)15(13)12-8-6-11(10-16)7-9-12/h3-9,16H,10H2,1-2H3. The molecule has 2 aromatic rings. The lowest BCUT2D eigenvalue weighted by Gasteiger charge is -2.13. The summed E-state index contributed by atoms with van der Waals surface area (Å²) in [6.45, 7) is 0.0450. The topological polar surface area (TPSA) is 38.7 Å². The van der Waals surface area contributed by atoms with Gasteiger partial charge in [0.2, 0.25) is 0 Å². The third-order valence-corrected chi connectivity index (χ3v) is 2.85. The Kier molecular flexibility index (Phi) is 3.85. The highest BCUT2D eigenvalue weighted by Crippen LogP contribution is 2.38. The van der Waals surface area contributed by atoms with Gasteiger partial charge in [-0.25, -0.2) is 0 Å². The largest absolute Gasteiger partial charge is 0.496 e. The van der Waals surface area contributed by atoms with Crippen LogP contribution in [0, 0.1) is 0 Å². The summed E-state index contributed by atoms with van der Waals surface area (Å²) in [6.07, 6.45) is 0. The Hall–Kier alpha value is -2.00. The Labute approximate surface area is 107 Å². The second-order valence-corrected chi connectivity index (χ2v) is 3.89. The number of hydrogen-bond donors (Lipinski definition) is 1. The van der Waals surface area contributed by atoms with Gasteiger partial charge in [0.1, 0.15) is 11.5 Å². The average molecular weight is 244 g/mol. The zero-order chi connectivity index (χ0) is 13.0. The highest BCUT2D eigenvalue weighted by molar-refractivity contribution is 5.77. The van der Waals surface area contributed by atoms with E-state index in [4.69, 9.17) is 14.6 Å². The molecule has 0 unspecified atom stereocenters. The molecule has 0 radical (unpaired) electrons. The Morgan fingerprint density at radius 2 is 1.44 bits per heavy atom. The number of aliphatic hydroxyl groups excluding tert-OH is 1. The van der Waals surface area contributed by atoms with Crippen LogP contribution in [0.1, 0.15) is 5.56 Å². The van der Waals surface area contributed by atoms with Gasteiger partial charge in [-0.05, 0) is 23.3 Å². The molecule has 3 nitrogen and oxygen atoms in total. The van der Waals surface area contributed by atoms with Crippen LogP contribution in [-0.4, -0.2) is 19.3 Å². The van der Waals surface area contributed by atoms with Crippen molar-refractivity contribution in [3.8, 4) is 22.6 Å². The van der Waals surface area contributed by atoms with E-state index in [9.17, 15) is 0 Å². The second-order valence-electron chi connectivity index (χ2n) is 3.89. The van der Waals surface area contributed by atoms with Gasteiger partial charge in [0.05, 0.1) is 26.4 Å². The van der Waals surface area contributed by atoms with E-state index in [0.29, 0.717) is 0 Å². The van der Waals surface area contributed by atoms with Crippen LogP contribution in [0.4, 0.5) is 0 Å². The van der Waals surface area contributed by atoms with Gasteiger partial charge in [0, 0.05) is 0 Å². The molecule has 0 aliphatic rings. The lowest BCUT2D eigenvalue weighted by molar-refractivity contribution is 0.282. The maximum atomic E-state index is 9.05. The SMILES string of the molecule is COc1cccc(OC)c1-c1ccc(CO)cc1. The lowest BCUT2D eigenvalue weighted by Crippen LogP contribution is -1.93. The van der Waals surface area contributed by atoms with Crippen LogP contribution < -0.4 is 9.47 Å². The minimum atomic E-state index is 0.0450. The Morgan fingerprint density at radius 1 is 0.889 bits per heavy atom. The predicted octanol–water partition coefficient (Wildman–Crippen LogP) is 2.86. The first-order valence-electron chi connectivity index (χ1n) is 5.71. The van der Waals surface area contributed by atoms with Gasteiger partial charge >= 0.3 is 0 Å². The first-order valence-corrected chi connectivity index (χ1v) is 5.71. The number of hydrogen-bond acceptors (Lipinski definition) is 3. The summed E-state index contributed by atoms with van der Waals surface area (Å²) in [6, 6.07) is 13.4. The molecule has 0 heterocycles. The molecule has 2 aromatic carbocycles. The highest BCUT2D eigenvalue weighted by Gasteiger charge is 2.11. The first-order chi connectivity index (χ1) is 8.80. The zero-order valence-corrected chi connectivity index (χ0v) is 10.5. The number of methoxy groups -OCH3 is 2. The van der Waals surface area contributed by atoms with Crippen LogP contribution in [0.15, 0.2) is 42.5 Å². The summed E-state index contributed by atoms with van der Waals surface area (Å²) in [5, 5.41) is 9.05. The van der Waals surface area contributed by atoms with Gasteiger partial charge < -0.3 is 14.6 Å². The van der Waals surface area contributed by atoms with E-state index >= 15 is 0 Å². The molecular formula is C15H16O3. The van der Waals surface area contributed by atoms with E-state index < -0.39 is 0 Å². The van der Waals surface area contributed by atoms with Crippen LogP contribution in [0.25, 0.3) is 11.1 Å². The highest BCUT2D eigenvalue weighted by atomic mass is 16.5.